The molecule has 0 unspecified atom stereocenters. The number of ether oxygens (including phenoxy) is 1. The summed E-state index contributed by atoms with van der Waals surface area (Å²) in [5.41, 5.74) is 2.10. The van der Waals surface area contributed by atoms with Crippen LogP contribution in [0.3, 0.4) is 0 Å². The molecule has 0 bridgehead atoms. The molecule has 0 aliphatic carbocycles. The first-order valence-corrected chi connectivity index (χ1v) is 9.74. The van der Waals surface area contributed by atoms with E-state index >= 15 is 0 Å². The van der Waals surface area contributed by atoms with Gasteiger partial charge in [-0.25, -0.2) is 0 Å². The fourth-order valence-electron chi connectivity index (χ4n) is 2.94. The molecule has 5 heteroatoms. The van der Waals surface area contributed by atoms with Gasteiger partial charge in [-0.15, -0.1) is 0 Å². The Hall–Kier alpha value is -2.82. The third-order valence-corrected chi connectivity index (χ3v) is 4.40. The minimum Gasteiger partial charge on any atom is -0.484 e. The zero-order valence-corrected chi connectivity index (χ0v) is 17.1. The molecule has 0 aromatic heterocycles. The van der Waals surface area contributed by atoms with Crippen molar-refractivity contribution in [2.45, 2.75) is 52.7 Å². The molecule has 1 atom stereocenters. The minimum absolute atomic E-state index is 0.0130. The molecule has 0 saturated carbocycles. The number of carbonyl (C=O) groups excluding carboxylic acids is 2. The molecule has 150 valence electrons. The number of nitrogens with zero attached hydrogens (tertiary/aromatic N) is 1. The van der Waals surface area contributed by atoms with E-state index in [1.54, 1.807) is 4.90 Å². The lowest BCUT2D eigenvalue weighted by atomic mass is 10.1. The van der Waals surface area contributed by atoms with Gasteiger partial charge < -0.3 is 15.0 Å². The highest BCUT2D eigenvalue weighted by molar-refractivity contribution is 5.88. The van der Waals surface area contributed by atoms with Crippen molar-refractivity contribution in [2.24, 2.45) is 0 Å². The van der Waals surface area contributed by atoms with Gasteiger partial charge in [0.05, 0.1) is 0 Å². The van der Waals surface area contributed by atoms with Gasteiger partial charge in [0.1, 0.15) is 11.8 Å². The van der Waals surface area contributed by atoms with Crippen LogP contribution in [-0.4, -0.2) is 35.4 Å². The lowest BCUT2D eigenvalue weighted by Gasteiger charge is -2.31. The van der Waals surface area contributed by atoms with Crippen LogP contribution in [0.1, 0.15) is 38.3 Å². The molecule has 0 spiro atoms. The van der Waals surface area contributed by atoms with Gasteiger partial charge in [0.2, 0.25) is 5.91 Å². The minimum atomic E-state index is -0.545. The summed E-state index contributed by atoms with van der Waals surface area (Å²) >= 11 is 0. The number of hydrogen-bond donors (Lipinski definition) is 1. The van der Waals surface area contributed by atoms with Crippen molar-refractivity contribution in [3.05, 3.63) is 65.7 Å². The van der Waals surface area contributed by atoms with E-state index < -0.39 is 6.04 Å². The lowest BCUT2D eigenvalue weighted by Crippen LogP contribution is -2.51. The molecule has 0 radical (unpaired) electrons. The van der Waals surface area contributed by atoms with Gasteiger partial charge in [0, 0.05) is 12.6 Å². The third kappa shape index (κ3) is 6.41. The largest absolute Gasteiger partial charge is 0.484 e. The molecule has 28 heavy (non-hydrogen) atoms. The van der Waals surface area contributed by atoms with E-state index in [1.165, 1.54) is 0 Å². The van der Waals surface area contributed by atoms with Crippen LogP contribution in [0.5, 0.6) is 5.75 Å². The highest BCUT2D eigenvalue weighted by Gasteiger charge is 2.29. The van der Waals surface area contributed by atoms with Crippen LogP contribution >= 0.6 is 0 Å². The number of rotatable bonds is 9. The first kappa shape index (κ1) is 21.5. The van der Waals surface area contributed by atoms with Gasteiger partial charge in [-0.05, 0) is 44.9 Å². The van der Waals surface area contributed by atoms with Crippen LogP contribution in [0.2, 0.25) is 0 Å². The SMILES string of the molecule is CC[C@@H](C(=O)NC(C)C)N(Cc1ccccc1)C(=O)COc1ccc(C)cc1. The molecular weight excluding hydrogens is 352 g/mol. The predicted molar refractivity (Wildman–Crippen MR) is 111 cm³/mol. The average molecular weight is 383 g/mol. The van der Waals surface area contributed by atoms with Crippen LogP contribution < -0.4 is 10.1 Å². The molecule has 2 aromatic carbocycles. The molecule has 1 N–H and O–H groups in total. The van der Waals surface area contributed by atoms with Gasteiger partial charge in [-0.3, -0.25) is 9.59 Å². The molecule has 0 aliphatic rings. The van der Waals surface area contributed by atoms with Gasteiger partial charge in [-0.2, -0.15) is 0 Å². The number of aryl methyl sites for hydroxylation is 1. The predicted octanol–water partition coefficient (Wildman–Crippen LogP) is 3.71. The number of benzene rings is 2. The second-order valence-electron chi connectivity index (χ2n) is 7.20. The Kier molecular flexibility index (Phi) is 8.05. The average Bonchev–Trinajstić information content (AvgIpc) is 2.67. The van der Waals surface area contributed by atoms with Crippen molar-refractivity contribution >= 4 is 11.8 Å². The summed E-state index contributed by atoms with van der Waals surface area (Å²) in [5, 5.41) is 2.92. The van der Waals surface area contributed by atoms with Crippen LogP contribution in [0, 0.1) is 6.92 Å². The number of hydrogen-bond acceptors (Lipinski definition) is 3. The lowest BCUT2D eigenvalue weighted by molar-refractivity contribution is -0.143. The van der Waals surface area contributed by atoms with Crippen molar-refractivity contribution in [1.29, 1.82) is 0 Å². The fraction of sp³-hybridized carbons (Fsp3) is 0.391. The Labute approximate surface area is 167 Å². The van der Waals surface area contributed by atoms with Crippen LogP contribution in [0.25, 0.3) is 0 Å². The summed E-state index contributed by atoms with van der Waals surface area (Å²) in [4.78, 5) is 27.3. The zero-order chi connectivity index (χ0) is 20.5. The first-order valence-electron chi connectivity index (χ1n) is 9.74. The van der Waals surface area contributed by atoms with Gasteiger partial charge >= 0.3 is 0 Å². The Morgan fingerprint density at radius 3 is 2.25 bits per heavy atom. The second kappa shape index (κ2) is 10.5. The molecule has 2 rings (SSSR count). The quantitative estimate of drug-likeness (QED) is 0.719. The maximum absolute atomic E-state index is 13.0. The summed E-state index contributed by atoms with van der Waals surface area (Å²) in [6, 6.07) is 16.7. The Morgan fingerprint density at radius 1 is 1.04 bits per heavy atom. The number of nitrogens with one attached hydrogen (secondary N) is 1. The number of carbonyl (C=O) groups is 2. The fourth-order valence-corrected chi connectivity index (χ4v) is 2.94. The third-order valence-electron chi connectivity index (χ3n) is 4.40. The van der Waals surface area contributed by atoms with Gasteiger partial charge in [-0.1, -0.05) is 55.0 Å². The van der Waals surface area contributed by atoms with E-state index in [0.29, 0.717) is 18.7 Å². The van der Waals surface area contributed by atoms with Crippen molar-refractivity contribution in [2.75, 3.05) is 6.61 Å². The van der Waals surface area contributed by atoms with Crippen molar-refractivity contribution in [1.82, 2.24) is 10.2 Å². The highest BCUT2D eigenvalue weighted by Crippen LogP contribution is 2.15. The topological polar surface area (TPSA) is 58.6 Å². The molecule has 2 aromatic rings. The van der Waals surface area contributed by atoms with Gasteiger partial charge in [0.15, 0.2) is 6.61 Å². The smallest absolute Gasteiger partial charge is 0.261 e. The summed E-state index contributed by atoms with van der Waals surface area (Å²) in [6.45, 7) is 7.98. The molecular formula is C23H30N2O3. The summed E-state index contributed by atoms with van der Waals surface area (Å²) in [7, 11) is 0. The molecule has 0 heterocycles. The molecule has 5 nitrogen and oxygen atoms in total. The summed E-state index contributed by atoms with van der Waals surface area (Å²) in [5.74, 6) is 0.283. The summed E-state index contributed by atoms with van der Waals surface area (Å²) in [6.07, 6.45) is 0.529. The van der Waals surface area contributed by atoms with Crippen LogP contribution in [0.15, 0.2) is 54.6 Å². The summed E-state index contributed by atoms with van der Waals surface area (Å²) < 4.78 is 5.67. The number of amides is 2. The standard InChI is InChI=1S/C23H30N2O3/c1-5-21(23(27)24-17(2)3)25(15-19-9-7-6-8-10-19)22(26)16-28-20-13-11-18(4)12-14-20/h6-14,17,21H,5,15-16H2,1-4H3,(H,24,27)/t21-/m0/s1. The highest BCUT2D eigenvalue weighted by atomic mass is 16.5. The van der Waals surface area contributed by atoms with E-state index in [2.05, 4.69) is 5.32 Å². The maximum atomic E-state index is 13.0. The van der Waals surface area contributed by atoms with Crippen molar-refractivity contribution < 1.29 is 14.3 Å². The Morgan fingerprint density at radius 2 is 1.68 bits per heavy atom. The Balaban J connectivity index is 2.16. The van der Waals surface area contributed by atoms with Crippen molar-refractivity contribution in [3.63, 3.8) is 0 Å². The van der Waals surface area contributed by atoms with Gasteiger partial charge in [0.25, 0.3) is 5.91 Å². The second-order valence-corrected chi connectivity index (χ2v) is 7.20. The molecule has 0 fully saturated rings. The van der Waals surface area contributed by atoms with E-state index in [4.69, 9.17) is 4.74 Å². The molecule has 2 amide bonds. The van der Waals surface area contributed by atoms with E-state index in [9.17, 15) is 9.59 Å². The van der Waals surface area contributed by atoms with E-state index in [-0.39, 0.29) is 24.5 Å². The van der Waals surface area contributed by atoms with Crippen LogP contribution in [0.4, 0.5) is 0 Å². The van der Waals surface area contributed by atoms with Crippen LogP contribution in [-0.2, 0) is 16.1 Å². The van der Waals surface area contributed by atoms with E-state index in [1.807, 2.05) is 82.3 Å². The Bertz CT molecular complexity index is 757. The van der Waals surface area contributed by atoms with E-state index in [0.717, 1.165) is 11.1 Å². The zero-order valence-electron chi connectivity index (χ0n) is 17.1. The van der Waals surface area contributed by atoms with Crippen molar-refractivity contribution in [3.8, 4) is 5.75 Å². The monoisotopic (exact) mass is 382 g/mol. The maximum Gasteiger partial charge on any atom is 0.261 e. The normalized spacial score (nSPS) is 11.8. The first-order chi connectivity index (χ1) is 13.4. The molecule has 0 aliphatic heterocycles. The molecule has 0 saturated heterocycles.